The van der Waals surface area contributed by atoms with E-state index < -0.39 is 10.8 Å². The van der Waals surface area contributed by atoms with Crippen molar-refractivity contribution >= 4 is 28.1 Å². The third-order valence-corrected chi connectivity index (χ3v) is 4.10. The molecule has 1 aliphatic heterocycles. The Morgan fingerprint density at radius 1 is 1.62 bits per heavy atom. The molecule has 76 valence electrons. The lowest BCUT2D eigenvalue weighted by Gasteiger charge is -2.28. The molecule has 1 rings (SSSR count). The molecule has 1 fully saturated rings. The number of hydrogen-bond donors (Lipinski definition) is 1. The largest absolute Gasteiger partial charge is 0.366 e. The lowest BCUT2D eigenvalue weighted by Crippen LogP contribution is -2.44. The molecule has 0 amide bonds. The molecular weight excluding hydrogens is 204 g/mol. The van der Waals surface area contributed by atoms with Gasteiger partial charge in [-0.2, -0.15) is 0 Å². The highest BCUT2D eigenvalue weighted by atomic mass is 32.2. The van der Waals surface area contributed by atoms with Gasteiger partial charge in [-0.25, -0.2) is 0 Å². The molecule has 0 aromatic carbocycles. The monoisotopic (exact) mass is 220 g/mol. The van der Waals surface area contributed by atoms with E-state index in [2.05, 4.69) is 17.1 Å². The van der Waals surface area contributed by atoms with E-state index in [1.165, 1.54) is 0 Å². The van der Waals surface area contributed by atoms with E-state index >= 15 is 0 Å². The quantitative estimate of drug-likeness (QED) is 0.597. The lowest BCUT2D eigenvalue weighted by atomic mass is 10.2. The van der Waals surface area contributed by atoms with Crippen LogP contribution >= 0.6 is 12.2 Å². The second-order valence-corrected chi connectivity index (χ2v) is 5.32. The number of hydrogen-bond acceptors (Lipinski definition) is 2. The summed E-state index contributed by atoms with van der Waals surface area (Å²) in [7, 11) is 1.18. The van der Waals surface area contributed by atoms with Gasteiger partial charge in [0.1, 0.15) is 0 Å². The first-order valence-corrected chi connectivity index (χ1v) is 6.38. The zero-order valence-electron chi connectivity index (χ0n) is 8.08. The van der Waals surface area contributed by atoms with Gasteiger partial charge in [-0.1, -0.05) is 0 Å². The molecule has 0 saturated carbocycles. The minimum atomic E-state index is -0.647. The molecule has 0 aliphatic carbocycles. The zero-order valence-corrected chi connectivity index (χ0v) is 9.71. The zero-order chi connectivity index (χ0) is 9.84. The SMILES string of the molecule is CNC(=S)N1CCS(=O)CCC1C. The first-order valence-electron chi connectivity index (χ1n) is 4.48. The van der Waals surface area contributed by atoms with Gasteiger partial charge >= 0.3 is 0 Å². The van der Waals surface area contributed by atoms with Crippen molar-refractivity contribution in [2.24, 2.45) is 0 Å². The third-order valence-electron chi connectivity index (χ3n) is 2.33. The molecule has 2 unspecified atom stereocenters. The normalized spacial score (nSPS) is 29.5. The molecule has 3 nitrogen and oxygen atoms in total. The topological polar surface area (TPSA) is 32.3 Å². The summed E-state index contributed by atoms with van der Waals surface area (Å²) in [5.74, 6) is 1.55. The molecular formula is C8H16N2OS2. The van der Waals surface area contributed by atoms with Crippen molar-refractivity contribution in [2.75, 3.05) is 25.1 Å². The van der Waals surface area contributed by atoms with Crippen LogP contribution in [0.4, 0.5) is 0 Å². The maximum absolute atomic E-state index is 11.3. The predicted octanol–water partition coefficient (Wildman–Crippen LogP) is 0.334. The summed E-state index contributed by atoms with van der Waals surface area (Å²) < 4.78 is 11.3. The van der Waals surface area contributed by atoms with Gasteiger partial charge in [0.15, 0.2) is 5.11 Å². The highest BCUT2D eigenvalue weighted by Gasteiger charge is 2.20. The summed E-state index contributed by atoms with van der Waals surface area (Å²) in [4.78, 5) is 2.13. The highest BCUT2D eigenvalue weighted by Crippen LogP contribution is 2.10. The van der Waals surface area contributed by atoms with Crippen molar-refractivity contribution in [1.29, 1.82) is 0 Å². The Kier molecular flexibility index (Phi) is 4.12. The van der Waals surface area contributed by atoms with Crippen molar-refractivity contribution in [3.63, 3.8) is 0 Å². The van der Waals surface area contributed by atoms with Gasteiger partial charge in [0.2, 0.25) is 0 Å². The summed E-state index contributed by atoms with van der Waals surface area (Å²) in [6.07, 6.45) is 0.967. The van der Waals surface area contributed by atoms with E-state index in [1.54, 1.807) is 0 Å². The molecule has 1 aliphatic rings. The Balaban J connectivity index is 2.61. The second-order valence-electron chi connectivity index (χ2n) is 3.23. The average Bonchev–Trinajstić information content (AvgIpc) is 2.28. The van der Waals surface area contributed by atoms with E-state index in [9.17, 15) is 4.21 Å². The Hall–Kier alpha value is -0.160. The van der Waals surface area contributed by atoms with Crippen LogP contribution in [0.3, 0.4) is 0 Å². The third kappa shape index (κ3) is 2.91. The van der Waals surface area contributed by atoms with E-state index in [4.69, 9.17) is 12.2 Å². The molecule has 0 aromatic heterocycles. The lowest BCUT2D eigenvalue weighted by molar-refractivity contribution is 0.343. The van der Waals surface area contributed by atoms with Gasteiger partial charge in [0.25, 0.3) is 0 Å². The Bertz CT molecular complexity index is 220. The van der Waals surface area contributed by atoms with Crippen LogP contribution in [0.1, 0.15) is 13.3 Å². The van der Waals surface area contributed by atoms with Crippen LogP contribution in [0, 0.1) is 0 Å². The average molecular weight is 220 g/mol. The number of rotatable bonds is 0. The Morgan fingerprint density at radius 2 is 2.31 bits per heavy atom. The van der Waals surface area contributed by atoms with E-state index in [-0.39, 0.29) is 0 Å². The molecule has 0 bridgehead atoms. The van der Waals surface area contributed by atoms with Crippen LogP contribution in [0.25, 0.3) is 0 Å². The Labute approximate surface area is 87.3 Å². The summed E-state index contributed by atoms with van der Waals surface area (Å²) in [5, 5.41) is 3.74. The minimum Gasteiger partial charge on any atom is -0.366 e. The molecule has 1 saturated heterocycles. The van der Waals surface area contributed by atoms with Crippen molar-refractivity contribution in [3.8, 4) is 0 Å². The van der Waals surface area contributed by atoms with Crippen LogP contribution in [-0.4, -0.2) is 45.4 Å². The van der Waals surface area contributed by atoms with Gasteiger partial charge in [-0.15, -0.1) is 0 Å². The number of nitrogens with one attached hydrogen (secondary N) is 1. The van der Waals surface area contributed by atoms with Crippen molar-refractivity contribution in [3.05, 3.63) is 0 Å². The van der Waals surface area contributed by atoms with Gasteiger partial charge in [0.05, 0.1) is 0 Å². The highest BCUT2D eigenvalue weighted by molar-refractivity contribution is 7.85. The van der Waals surface area contributed by atoms with Crippen LogP contribution in [0.2, 0.25) is 0 Å². The van der Waals surface area contributed by atoms with Gasteiger partial charge in [-0.3, -0.25) is 4.21 Å². The number of nitrogens with zero attached hydrogens (tertiary/aromatic N) is 1. The summed E-state index contributed by atoms with van der Waals surface area (Å²) in [6, 6.07) is 0.409. The number of thiocarbonyl (C=S) groups is 1. The first kappa shape index (κ1) is 10.9. The summed E-state index contributed by atoms with van der Waals surface area (Å²) in [6.45, 7) is 2.94. The second kappa shape index (κ2) is 4.91. The first-order chi connectivity index (χ1) is 6.15. The molecule has 13 heavy (non-hydrogen) atoms. The van der Waals surface area contributed by atoms with Crippen LogP contribution in [0.5, 0.6) is 0 Å². The summed E-state index contributed by atoms with van der Waals surface area (Å²) >= 11 is 5.17. The van der Waals surface area contributed by atoms with Gasteiger partial charge in [0, 0.05) is 41.9 Å². The molecule has 2 atom stereocenters. The van der Waals surface area contributed by atoms with Crippen LogP contribution in [0.15, 0.2) is 0 Å². The molecule has 0 spiro atoms. The molecule has 1 N–H and O–H groups in total. The van der Waals surface area contributed by atoms with Crippen LogP contribution < -0.4 is 5.32 Å². The predicted molar refractivity (Wildman–Crippen MR) is 60.3 cm³/mol. The van der Waals surface area contributed by atoms with Gasteiger partial charge < -0.3 is 10.2 Å². The Morgan fingerprint density at radius 3 is 2.92 bits per heavy atom. The fourth-order valence-electron chi connectivity index (χ4n) is 1.43. The van der Waals surface area contributed by atoms with Crippen LogP contribution in [-0.2, 0) is 10.8 Å². The van der Waals surface area contributed by atoms with Crippen molar-refractivity contribution < 1.29 is 4.21 Å². The standard InChI is InChI=1S/C8H16N2OS2/c1-7-3-5-13(11)6-4-10(7)8(12)9-2/h7H,3-6H2,1-2H3,(H,9,12). The minimum absolute atomic E-state index is 0.409. The van der Waals surface area contributed by atoms with Crippen molar-refractivity contribution in [1.82, 2.24) is 10.2 Å². The van der Waals surface area contributed by atoms with E-state index in [0.29, 0.717) is 6.04 Å². The van der Waals surface area contributed by atoms with Crippen molar-refractivity contribution in [2.45, 2.75) is 19.4 Å². The molecule has 0 radical (unpaired) electrons. The van der Waals surface area contributed by atoms with Gasteiger partial charge in [-0.05, 0) is 25.6 Å². The fourth-order valence-corrected chi connectivity index (χ4v) is 2.91. The molecule has 5 heteroatoms. The van der Waals surface area contributed by atoms with E-state index in [0.717, 1.165) is 29.6 Å². The molecule has 1 heterocycles. The fraction of sp³-hybridized carbons (Fsp3) is 0.875. The smallest absolute Gasteiger partial charge is 0.168 e. The maximum atomic E-state index is 11.3. The molecule has 0 aromatic rings. The van der Waals surface area contributed by atoms with E-state index in [1.807, 2.05) is 7.05 Å². The maximum Gasteiger partial charge on any atom is 0.168 e. The summed E-state index contributed by atoms with van der Waals surface area (Å²) in [5.41, 5.74) is 0.